The van der Waals surface area contributed by atoms with Crippen LogP contribution in [-0.4, -0.2) is 41.6 Å². The zero-order valence-electron chi connectivity index (χ0n) is 12.9. The third-order valence-electron chi connectivity index (χ3n) is 4.78. The van der Waals surface area contributed by atoms with E-state index >= 15 is 0 Å². The number of rotatable bonds is 3. The first-order valence-electron chi connectivity index (χ1n) is 8.10. The van der Waals surface area contributed by atoms with Gasteiger partial charge in [0.05, 0.1) is 0 Å². The van der Waals surface area contributed by atoms with Crippen LogP contribution >= 0.6 is 0 Å². The molecule has 2 bridgehead atoms. The molecule has 3 unspecified atom stereocenters. The molecule has 5 heteroatoms. The number of hydrogen-bond acceptors (Lipinski definition) is 4. The Balaban J connectivity index is 1.44. The van der Waals surface area contributed by atoms with Gasteiger partial charge in [0, 0.05) is 24.7 Å². The highest BCUT2D eigenvalue weighted by Gasteiger charge is 2.33. The van der Waals surface area contributed by atoms with Gasteiger partial charge in [0.25, 0.3) is 5.91 Å². The number of fused-ring (bicyclic) bond motifs is 2. The molecule has 1 amide bonds. The lowest BCUT2D eigenvalue weighted by Gasteiger charge is -2.30. The molecule has 2 saturated heterocycles. The molecule has 0 spiro atoms. The number of carbonyl (C=O) groups is 1. The van der Waals surface area contributed by atoms with E-state index in [-0.39, 0.29) is 17.7 Å². The minimum absolute atomic E-state index is 0.150. The second-order valence-electron chi connectivity index (χ2n) is 6.53. The largest absolute Gasteiger partial charge is 0.508 e. The van der Waals surface area contributed by atoms with Gasteiger partial charge in [0.2, 0.25) is 0 Å². The Kier molecular flexibility index (Phi) is 3.58. The highest BCUT2D eigenvalue weighted by molar-refractivity contribution is 5.92. The van der Waals surface area contributed by atoms with Gasteiger partial charge in [-0.1, -0.05) is 0 Å². The molecular formula is C18H20N2O3. The number of hydrogen-bond donors (Lipinski definition) is 2. The molecule has 2 aromatic rings. The zero-order valence-corrected chi connectivity index (χ0v) is 12.9. The normalized spacial score (nSPS) is 26.2. The van der Waals surface area contributed by atoms with E-state index in [0.717, 1.165) is 31.0 Å². The van der Waals surface area contributed by atoms with Crippen LogP contribution in [0.5, 0.6) is 5.75 Å². The van der Waals surface area contributed by atoms with Crippen molar-refractivity contribution in [2.24, 2.45) is 5.92 Å². The van der Waals surface area contributed by atoms with Crippen LogP contribution in [0.4, 0.5) is 0 Å². The summed E-state index contributed by atoms with van der Waals surface area (Å²) >= 11 is 0. The smallest absolute Gasteiger partial charge is 0.287 e. The fourth-order valence-electron chi connectivity index (χ4n) is 3.66. The fraction of sp³-hybridized carbons (Fsp3) is 0.389. The predicted molar refractivity (Wildman–Crippen MR) is 86.2 cm³/mol. The van der Waals surface area contributed by atoms with Gasteiger partial charge in [-0.15, -0.1) is 0 Å². The van der Waals surface area contributed by atoms with Crippen molar-refractivity contribution in [2.45, 2.75) is 18.9 Å². The number of aromatic hydroxyl groups is 1. The molecular weight excluding hydrogens is 292 g/mol. The number of carbonyl (C=O) groups excluding carboxylic acids is 1. The average Bonchev–Trinajstić information content (AvgIpc) is 3.15. The molecule has 4 rings (SSSR count). The van der Waals surface area contributed by atoms with Gasteiger partial charge in [-0.3, -0.25) is 4.79 Å². The van der Waals surface area contributed by atoms with Crippen LogP contribution in [0.3, 0.4) is 0 Å². The van der Waals surface area contributed by atoms with Crippen molar-refractivity contribution in [3.63, 3.8) is 0 Å². The zero-order chi connectivity index (χ0) is 15.8. The predicted octanol–water partition coefficient (Wildman–Crippen LogP) is 2.48. The van der Waals surface area contributed by atoms with Crippen molar-refractivity contribution >= 4 is 5.91 Å². The van der Waals surface area contributed by atoms with Gasteiger partial charge in [0.15, 0.2) is 5.76 Å². The molecule has 1 aromatic heterocycles. The Morgan fingerprint density at radius 1 is 1.17 bits per heavy atom. The van der Waals surface area contributed by atoms with E-state index in [1.165, 1.54) is 13.0 Å². The van der Waals surface area contributed by atoms with Gasteiger partial charge < -0.3 is 19.7 Å². The van der Waals surface area contributed by atoms with Crippen LogP contribution in [0.25, 0.3) is 11.3 Å². The fourth-order valence-corrected chi connectivity index (χ4v) is 3.66. The van der Waals surface area contributed by atoms with Crippen molar-refractivity contribution in [1.82, 2.24) is 10.2 Å². The first-order chi connectivity index (χ1) is 11.2. The summed E-state index contributed by atoms with van der Waals surface area (Å²) in [5.41, 5.74) is 0.837. The van der Waals surface area contributed by atoms with E-state index in [2.05, 4.69) is 10.2 Å². The van der Waals surface area contributed by atoms with Crippen molar-refractivity contribution in [3.05, 3.63) is 42.2 Å². The summed E-state index contributed by atoms with van der Waals surface area (Å²) in [4.78, 5) is 14.8. The number of phenols is 1. The van der Waals surface area contributed by atoms with E-state index in [4.69, 9.17) is 4.42 Å². The first kappa shape index (κ1) is 14.3. The molecule has 1 aromatic carbocycles. The van der Waals surface area contributed by atoms with Gasteiger partial charge in [-0.2, -0.15) is 0 Å². The molecule has 2 N–H and O–H groups in total. The second kappa shape index (κ2) is 5.74. The first-order valence-corrected chi connectivity index (χ1v) is 8.10. The van der Waals surface area contributed by atoms with E-state index < -0.39 is 0 Å². The average molecular weight is 312 g/mol. The molecule has 2 fully saturated rings. The summed E-state index contributed by atoms with van der Waals surface area (Å²) in [5, 5.41) is 12.4. The topological polar surface area (TPSA) is 65.7 Å². The number of nitrogens with one attached hydrogen (secondary N) is 1. The molecule has 0 radical (unpaired) electrons. The lowest BCUT2D eigenvalue weighted by atomic mass is 9.97. The Labute approximate surface area is 134 Å². The molecule has 0 saturated carbocycles. The highest BCUT2D eigenvalue weighted by Crippen LogP contribution is 2.27. The molecule has 5 nitrogen and oxygen atoms in total. The number of benzene rings is 1. The van der Waals surface area contributed by atoms with E-state index in [1.54, 1.807) is 36.4 Å². The molecule has 120 valence electrons. The standard InChI is InChI=1S/C18H20N2O3/c21-15-3-1-13(2-4-15)16-5-6-17(23-16)18(22)19-14-9-12-7-8-20(10-12)11-14/h1-6,12,14,21H,7-11H2,(H,19,22). The summed E-state index contributed by atoms with van der Waals surface area (Å²) in [6.07, 6.45) is 2.31. The summed E-state index contributed by atoms with van der Waals surface area (Å²) in [6, 6.07) is 10.4. The van der Waals surface area contributed by atoms with Gasteiger partial charge >= 0.3 is 0 Å². The lowest BCUT2D eigenvalue weighted by Crippen LogP contribution is -2.46. The maximum absolute atomic E-state index is 12.4. The lowest BCUT2D eigenvalue weighted by molar-refractivity contribution is 0.0882. The Morgan fingerprint density at radius 2 is 2.00 bits per heavy atom. The molecule has 2 aliphatic rings. The second-order valence-corrected chi connectivity index (χ2v) is 6.53. The molecule has 2 aliphatic heterocycles. The monoisotopic (exact) mass is 312 g/mol. The molecule has 3 atom stereocenters. The van der Waals surface area contributed by atoms with Gasteiger partial charge in [-0.25, -0.2) is 0 Å². The van der Waals surface area contributed by atoms with Crippen molar-refractivity contribution in [3.8, 4) is 17.1 Å². The summed E-state index contributed by atoms with van der Waals surface area (Å²) < 4.78 is 5.67. The van der Waals surface area contributed by atoms with Crippen LogP contribution in [0.15, 0.2) is 40.8 Å². The van der Waals surface area contributed by atoms with Gasteiger partial charge in [0.1, 0.15) is 11.5 Å². The van der Waals surface area contributed by atoms with Crippen LogP contribution in [-0.2, 0) is 0 Å². The van der Waals surface area contributed by atoms with Crippen molar-refractivity contribution in [1.29, 1.82) is 0 Å². The molecule has 3 heterocycles. The minimum atomic E-state index is -0.150. The Morgan fingerprint density at radius 3 is 2.78 bits per heavy atom. The Bertz CT molecular complexity index is 695. The van der Waals surface area contributed by atoms with E-state index in [9.17, 15) is 9.90 Å². The highest BCUT2D eigenvalue weighted by atomic mass is 16.3. The summed E-state index contributed by atoms with van der Waals surface area (Å²) in [6.45, 7) is 3.27. The van der Waals surface area contributed by atoms with E-state index in [0.29, 0.717) is 11.5 Å². The van der Waals surface area contributed by atoms with Crippen LogP contribution in [0.2, 0.25) is 0 Å². The van der Waals surface area contributed by atoms with Crippen LogP contribution < -0.4 is 5.32 Å². The number of amides is 1. The van der Waals surface area contributed by atoms with Crippen LogP contribution in [0.1, 0.15) is 23.4 Å². The number of phenolic OH excluding ortho intramolecular Hbond substituents is 1. The van der Waals surface area contributed by atoms with Gasteiger partial charge in [-0.05, 0) is 61.7 Å². The Hall–Kier alpha value is -2.27. The third kappa shape index (κ3) is 2.97. The van der Waals surface area contributed by atoms with Crippen LogP contribution in [0, 0.1) is 5.92 Å². The molecule has 0 aliphatic carbocycles. The summed E-state index contributed by atoms with van der Waals surface area (Å²) in [5.74, 6) is 1.74. The maximum atomic E-state index is 12.4. The summed E-state index contributed by atoms with van der Waals surface area (Å²) in [7, 11) is 0. The SMILES string of the molecule is O=C(NC1CC2CCN(C2)C1)c1ccc(-c2ccc(O)cc2)o1. The van der Waals surface area contributed by atoms with Crippen molar-refractivity contribution in [2.75, 3.05) is 19.6 Å². The quantitative estimate of drug-likeness (QED) is 0.914. The maximum Gasteiger partial charge on any atom is 0.287 e. The van der Waals surface area contributed by atoms with Crippen molar-refractivity contribution < 1.29 is 14.3 Å². The number of nitrogens with zero attached hydrogens (tertiary/aromatic N) is 1. The minimum Gasteiger partial charge on any atom is -0.508 e. The third-order valence-corrected chi connectivity index (χ3v) is 4.78. The number of piperidine rings is 1. The van der Waals surface area contributed by atoms with E-state index in [1.807, 2.05) is 0 Å². The number of furan rings is 1. The molecule has 23 heavy (non-hydrogen) atoms.